The Hall–Kier alpha value is -1.99. The van der Waals surface area contributed by atoms with Crippen LogP contribution in [0.15, 0.2) is 30.5 Å². The molecule has 1 aliphatic heterocycles. The monoisotopic (exact) mass is 565 g/mol. The van der Waals surface area contributed by atoms with Crippen LogP contribution in [0.2, 0.25) is 5.28 Å². The number of aliphatic hydroxyl groups excluding tert-OH is 1. The van der Waals surface area contributed by atoms with Crippen molar-refractivity contribution in [2.75, 3.05) is 17.8 Å². The molecule has 1 unspecified atom stereocenters. The largest absolute Gasteiger partial charge is 0.388 e. The highest BCUT2D eigenvalue weighted by Crippen LogP contribution is 2.55. The van der Waals surface area contributed by atoms with Crippen LogP contribution in [0.5, 0.6) is 0 Å². The Bertz CT molecular complexity index is 1340. The first kappa shape index (κ1) is 27.1. The van der Waals surface area contributed by atoms with Crippen LogP contribution in [0.4, 0.5) is 10.2 Å². The van der Waals surface area contributed by atoms with E-state index in [0.717, 1.165) is 5.56 Å². The molecule has 17 heteroatoms. The van der Waals surface area contributed by atoms with E-state index >= 15 is 0 Å². The van der Waals surface area contributed by atoms with E-state index < -0.39 is 46.1 Å². The van der Waals surface area contributed by atoms with Crippen LogP contribution in [0.1, 0.15) is 31.2 Å². The maximum absolute atomic E-state index is 13.3. The molecule has 5 N–H and O–H groups in total. The maximum Gasteiger partial charge on any atom is 0.340 e. The highest BCUT2D eigenvalue weighted by atomic mass is 35.5. The van der Waals surface area contributed by atoms with Gasteiger partial charge in [0, 0.05) is 12.5 Å². The molecular weight excluding hydrogens is 543 g/mol. The van der Waals surface area contributed by atoms with Crippen molar-refractivity contribution in [2.24, 2.45) is 0 Å². The van der Waals surface area contributed by atoms with Crippen molar-refractivity contribution in [2.45, 2.75) is 37.8 Å². The van der Waals surface area contributed by atoms with Gasteiger partial charge < -0.3 is 34.4 Å². The van der Waals surface area contributed by atoms with Gasteiger partial charge in [0.2, 0.25) is 5.28 Å². The van der Waals surface area contributed by atoms with E-state index in [2.05, 4.69) is 20.4 Å². The first-order valence-corrected chi connectivity index (χ1v) is 14.5. The first-order valence-electron chi connectivity index (χ1n) is 10.6. The van der Waals surface area contributed by atoms with Crippen molar-refractivity contribution in [1.29, 1.82) is 0 Å². The predicted molar refractivity (Wildman–Crippen MR) is 126 cm³/mol. The van der Waals surface area contributed by atoms with E-state index in [-0.39, 0.29) is 29.2 Å². The Morgan fingerprint density at radius 1 is 1.28 bits per heavy atom. The van der Waals surface area contributed by atoms with E-state index in [1.807, 2.05) is 6.92 Å². The minimum atomic E-state index is -4.77. The molecule has 2 aromatic heterocycles. The van der Waals surface area contributed by atoms with Gasteiger partial charge in [-0.2, -0.15) is 15.1 Å². The van der Waals surface area contributed by atoms with Gasteiger partial charge in [0.05, 0.1) is 24.3 Å². The van der Waals surface area contributed by atoms with Crippen molar-refractivity contribution < 1.29 is 42.6 Å². The van der Waals surface area contributed by atoms with Crippen LogP contribution < -0.4 is 5.32 Å². The van der Waals surface area contributed by atoms with Gasteiger partial charge in [-0.15, -0.1) is 0 Å². The molecule has 0 bridgehead atoms. The van der Waals surface area contributed by atoms with E-state index in [9.17, 15) is 23.5 Å². The number of hydrogen-bond donors (Lipinski definition) is 5. The summed E-state index contributed by atoms with van der Waals surface area (Å²) in [7, 11) is -9.35. The molecular formula is C19H23ClFN5O8P2. The van der Waals surface area contributed by atoms with E-state index in [0.29, 0.717) is 11.2 Å². The van der Waals surface area contributed by atoms with Crippen molar-refractivity contribution in [3.8, 4) is 0 Å². The van der Waals surface area contributed by atoms with E-state index in [1.54, 1.807) is 12.1 Å². The number of aliphatic hydroxyl groups is 1. The SMILES string of the molecule is C[C@H](Nc1nc(Cl)nc2c1cnn2[C@@H]1O[C@H](COP(=O)(O)CP(=O)(O)O)C[C@H]1O)c1ccc(F)cc1. The van der Waals surface area contributed by atoms with Gasteiger partial charge in [0.1, 0.15) is 17.7 Å². The molecule has 0 saturated carbocycles. The molecule has 0 radical (unpaired) electrons. The Balaban J connectivity index is 1.51. The zero-order valence-corrected chi connectivity index (χ0v) is 21.2. The molecule has 1 fully saturated rings. The van der Waals surface area contributed by atoms with Crippen molar-refractivity contribution in [3.63, 3.8) is 0 Å². The van der Waals surface area contributed by atoms with Crippen molar-refractivity contribution >= 4 is 43.6 Å². The number of fused-ring (bicyclic) bond motifs is 1. The second-order valence-corrected chi connectivity index (χ2v) is 12.6. The normalized spacial score (nSPS) is 23.0. The predicted octanol–water partition coefficient (Wildman–Crippen LogP) is 2.78. The molecule has 0 aliphatic carbocycles. The van der Waals surface area contributed by atoms with Crippen LogP contribution in [0, 0.1) is 5.82 Å². The summed E-state index contributed by atoms with van der Waals surface area (Å²) < 4.78 is 48.0. The lowest BCUT2D eigenvalue weighted by Gasteiger charge is -2.18. The van der Waals surface area contributed by atoms with Gasteiger partial charge in [-0.25, -0.2) is 9.07 Å². The third-order valence-corrected chi connectivity index (χ3v) is 9.01. The summed E-state index contributed by atoms with van der Waals surface area (Å²) in [5, 5.41) is 18.3. The lowest BCUT2D eigenvalue weighted by Crippen LogP contribution is -2.21. The van der Waals surface area contributed by atoms with Gasteiger partial charge >= 0.3 is 15.2 Å². The minimum Gasteiger partial charge on any atom is -0.388 e. The summed E-state index contributed by atoms with van der Waals surface area (Å²) in [4.78, 5) is 35.9. The average molecular weight is 566 g/mol. The molecule has 1 saturated heterocycles. The smallest absolute Gasteiger partial charge is 0.340 e. The molecule has 1 aliphatic rings. The van der Waals surface area contributed by atoms with Crippen LogP contribution in [-0.2, 0) is 18.4 Å². The summed E-state index contributed by atoms with van der Waals surface area (Å²) in [5.74, 6) is -1.34. The van der Waals surface area contributed by atoms with Gasteiger partial charge in [-0.05, 0) is 36.2 Å². The van der Waals surface area contributed by atoms with E-state index in [4.69, 9.17) is 30.6 Å². The summed E-state index contributed by atoms with van der Waals surface area (Å²) in [5.41, 5.74) is 1.03. The third kappa shape index (κ3) is 6.46. The number of ether oxygens (including phenoxy) is 1. The lowest BCUT2D eigenvalue weighted by atomic mass is 10.1. The fourth-order valence-corrected chi connectivity index (χ4v) is 6.52. The number of anilines is 1. The first-order chi connectivity index (χ1) is 16.8. The van der Waals surface area contributed by atoms with Crippen LogP contribution in [-0.4, -0.2) is 64.3 Å². The van der Waals surface area contributed by atoms with Gasteiger partial charge in [0.15, 0.2) is 17.8 Å². The second kappa shape index (κ2) is 10.4. The molecule has 5 atom stereocenters. The fraction of sp³-hybridized carbons (Fsp3) is 0.421. The van der Waals surface area contributed by atoms with Crippen molar-refractivity contribution in [1.82, 2.24) is 19.7 Å². The number of aromatic nitrogens is 4. The zero-order chi connectivity index (χ0) is 26.3. The number of rotatable bonds is 9. The highest BCUT2D eigenvalue weighted by molar-refractivity contribution is 7.70. The Kier molecular flexibility index (Phi) is 7.82. The Morgan fingerprint density at radius 3 is 2.64 bits per heavy atom. The summed E-state index contributed by atoms with van der Waals surface area (Å²) >= 11 is 6.13. The summed E-state index contributed by atoms with van der Waals surface area (Å²) in [6, 6.07) is 5.67. The van der Waals surface area contributed by atoms with Crippen molar-refractivity contribution in [3.05, 3.63) is 47.1 Å². The van der Waals surface area contributed by atoms with Gasteiger partial charge in [0.25, 0.3) is 0 Å². The summed E-state index contributed by atoms with van der Waals surface area (Å²) in [6.07, 6.45) is -1.58. The molecule has 13 nitrogen and oxygen atoms in total. The maximum atomic E-state index is 13.3. The second-order valence-electron chi connectivity index (χ2n) is 8.28. The quantitative estimate of drug-likeness (QED) is 0.189. The molecule has 0 spiro atoms. The topological polar surface area (TPSA) is 189 Å². The molecule has 1 aromatic carbocycles. The molecule has 3 aromatic rings. The fourth-order valence-electron chi connectivity index (χ4n) is 3.77. The highest BCUT2D eigenvalue weighted by Gasteiger charge is 2.39. The number of nitrogens with one attached hydrogen (secondary N) is 1. The van der Waals surface area contributed by atoms with Crippen LogP contribution in [0.25, 0.3) is 11.0 Å². The zero-order valence-electron chi connectivity index (χ0n) is 18.7. The van der Waals surface area contributed by atoms with E-state index in [1.165, 1.54) is 23.0 Å². The van der Waals surface area contributed by atoms with Crippen LogP contribution in [0.3, 0.4) is 0 Å². The Morgan fingerprint density at radius 2 is 1.97 bits per heavy atom. The lowest BCUT2D eigenvalue weighted by molar-refractivity contribution is -0.0528. The standard InChI is InChI=1S/C19H23ClFN5O8P2/c1-10(11-2-4-12(21)5-3-11)23-16-14-7-22-26(17(14)25-19(20)24-16)18-15(27)6-13(34-18)8-33-36(31,32)9-35(28,29)30/h2-5,7,10,13,15,18,27H,6,8-9H2,1H3,(H,31,32)(H,23,24,25)(H2,28,29,30)/t10-,13-,15+,18+/m0/s1. The van der Waals surface area contributed by atoms with Crippen LogP contribution >= 0.6 is 26.8 Å². The summed E-state index contributed by atoms with van der Waals surface area (Å²) in [6.45, 7) is 1.36. The average Bonchev–Trinajstić information content (AvgIpc) is 3.34. The molecule has 4 rings (SSSR count). The number of halogens is 2. The molecule has 36 heavy (non-hydrogen) atoms. The molecule has 196 valence electrons. The Labute approximate surface area is 208 Å². The third-order valence-electron chi connectivity index (χ3n) is 5.38. The van der Waals surface area contributed by atoms with Gasteiger partial charge in [-0.1, -0.05) is 12.1 Å². The number of benzene rings is 1. The van der Waals surface area contributed by atoms with Gasteiger partial charge in [-0.3, -0.25) is 9.13 Å². The number of hydrogen-bond acceptors (Lipinski definition) is 9. The minimum absolute atomic E-state index is 0.00649. The molecule has 3 heterocycles. The number of nitrogens with zero attached hydrogens (tertiary/aromatic N) is 4. The molecule has 0 amide bonds.